The highest BCUT2D eigenvalue weighted by Gasteiger charge is 2.39. The van der Waals surface area contributed by atoms with Crippen molar-refractivity contribution < 1.29 is 35.9 Å². The molecule has 0 bridgehead atoms. The van der Waals surface area contributed by atoms with Crippen LogP contribution in [0.25, 0.3) is 0 Å². The molecule has 0 fully saturated rings. The van der Waals surface area contributed by atoms with Crippen LogP contribution in [0.4, 0.5) is 26.3 Å². The van der Waals surface area contributed by atoms with Gasteiger partial charge in [0.25, 0.3) is 5.91 Å². The Morgan fingerprint density at radius 2 is 1.50 bits per heavy atom. The number of ether oxygens (including phenoxy) is 1. The number of benzene rings is 3. The third-order valence-electron chi connectivity index (χ3n) is 6.77. The van der Waals surface area contributed by atoms with Crippen LogP contribution in [0, 0.1) is 0 Å². The summed E-state index contributed by atoms with van der Waals surface area (Å²) in [5, 5.41) is 0. The topological polar surface area (TPSA) is 34.5 Å². The molecule has 5 rings (SSSR count). The van der Waals surface area contributed by atoms with Gasteiger partial charge in [0.2, 0.25) is 0 Å². The number of carbonyl (C=O) groups is 1. The molecule has 0 saturated heterocycles. The van der Waals surface area contributed by atoms with Gasteiger partial charge in [-0.2, -0.15) is 26.3 Å². The number of carbonyl (C=O) groups excluding carboxylic acids is 1. The SMILES string of the molecule is O=C(c1cc(C(F)(F)F)cc(C(F)(F)F)c1)N1CCCn2cccc2C1c1cccc(OCc2ccccc2)c1. The lowest BCUT2D eigenvalue weighted by Gasteiger charge is -2.31. The van der Waals surface area contributed by atoms with Gasteiger partial charge >= 0.3 is 12.4 Å². The molecule has 0 aliphatic carbocycles. The first-order chi connectivity index (χ1) is 19.0. The Balaban J connectivity index is 1.55. The van der Waals surface area contributed by atoms with Gasteiger partial charge in [0, 0.05) is 30.5 Å². The molecule has 1 aromatic heterocycles. The third kappa shape index (κ3) is 5.85. The van der Waals surface area contributed by atoms with E-state index in [1.807, 2.05) is 41.1 Å². The molecule has 3 aromatic carbocycles. The van der Waals surface area contributed by atoms with Gasteiger partial charge in [0.05, 0.1) is 17.2 Å². The maximum Gasteiger partial charge on any atom is 0.416 e. The smallest absolute Gasteiger partial charge is 0.416 e. The summed E-state index contributed by atoms with van der Waals surface area (Å²) in [5.74, 6) is -0.415. The molecule has 40 heavy (non-hydrogen) atoms. The number of hydrogen-bond acceptors (Lipinski definition) is 2. The van der Waals surface area contributed by atoms with E-state index < -0.39 is 41.0 Å². The van der Waals surface area contributed by atoms with Crippen LogP contribution in [0.15, 0.2) is 91.1 Å². The first-order valence-corrected chi connectivity index (χ1v) is 12.5. The number of alkyl halides is 6. The van der Waals surface area contributed by atoms with E-state index in [0.717, 1.165) is 5.56 Å². The number of fused-ring (bicyclic) bond motifs is 1. The molecule has 208 valence electrons. The van der Waals surface area contributed by atoms with Crippen LogP contribution in [-0.2, 0) is 25.5 Å². The van der Waals surface area contributed by atoms with Crippen LogP contribution < -0.4 is 4.74 Å². The predicted octanol–water partition coefficient (Wildman–Crippen LogP) is 7.74. The summed E-state index contributed by atoms with van der Waals surface area (Å²) in [6, 6.07) is 20.3. The normalized spacial score (nSPS) is 15.8. The minimum absolute atomic E-state index is 0.0232. The number of halogens is 6. The molecule has 0 N–H and O–H groups in total. The van der Waals surface area contributed by atoms with E-state index in [1.54, 1.807) is 36.4 Å². The summed E-state index contributed by atoms with van der Waals surface area (Å²) < 4.78 is 89.1. The fourth-order valence-corrected chi connectivity index (χ4v) is 4.91. The number of aryl methyl sites for hydroxylation is 1. The van der Waals surface area contributed by atoms with Crippen LogP contribution >= 0.6 is 0 Å². The largest absolute Gasteiger partial charge is 0.489 e. The first kappa shape index (κ1) is 27.4. The minimum atomic E-state index is -5.06. The summed E-state index contributed by atoms with van der Waals surface area (Å²) in [6.07, 6.45) is -7.83. The van der Waals surface area contributed by atoms with Crippen LogP contribution in [0.5, 0.6) is 5.75 Å². The van der Waals surface area contributed by atoms with Crippen LogP contribution in [0.3, 0.4) is 0 Å². The first-order valence-electron chi connectivity index (χ1n) is 12.5. The van der Waals surface area contributed by atoms with Gasteiger partial charge in [0.15, 0.2) is 0 Å². The second-order valence-corrected chi connectivity index (χ2v) is 9.52. The van der Waals surface area contributed by atoms with E-state index in [2.05, 4.69) is 0 Å². The van der Waals surface area contributed by atoms with E-state index in [1.165, 1.54) is 4.90 Å². The van der Waals surface area contributed by atoms with Crippen molar-refractivity contribution in [3.05, 3.63) is 125 Å². The van der Waals surface area contributed by atoms with E-state index in [9.17, 15) is 31.1 Å². The van der Waals surface area contributed by atoms with Gasteiger partial charge in [-0.1, -0.05) is 42.5 Å². The molecule has 1 aliphatic heterocycles. The van der Waals surface area contributed by atoms with E-state index in [0.29, 0.717) is 48.7 Å². The highest BCUT2D eigenvalue weighted by Crippen LogP contribution is 2.39. The Hall–Kier alpha value is -4.21. The molecule has 1 aliphatic rings. The monoisotopic (exact) mass is 558 g/mol. The maximum absolute atomic E-state index is 13.8. The number of rotatable bonds is 5. The zero-order valence-electron chi connectivity index (χ0n) is 21.0. The zero-order chi connectivity index (χ0) is 28.5. The summed E-state index contributed by atoms with van der Waals surface area (Å²) in [5.41, 5.74) is -1.49. The second kappa shape index (κ2) is 10.7. The molecule has 0 saturated carbocycles. The Morgan fingerprint density at radius 3 is 2.17 bits per heavy atom. The molecule has 4 aromatic rings. The molecular formula is C30H24F6N2O2. The van der Waals surface area contributed by atoms with Crippen LogP contribution in [-0.4, -0.2) is 21.9 Å². The summed E-state index contributed by atoms with van der Waals surface area (Å²) in [4.78, 5) is 15.1. The lowest BCUT2D eigenvalue weighted by atomic mass is 9.99. The lowest BCUT2D eigenvalue weighted by Crippen LogP contribution is -2.36. The van der Waals surface area contributed by atoms with Gasteiger partial charge in [-0.15, -0.1) is 0 Å². The molecule has 0 radical (unpaired) electrons. The highest BCUT2D eigenvalue weighted by atomic mass is 19.4. The Labute approximate surface area is 226 Å². The molecule has 10 heteroatoms. The Morgan fingerprint density at radius 1 is 0.800 bits per heavy atom. The summed E-state index contributed by atoms with van der Waals surface area (Å²) in [6.45, 7) is 0.944. The molecule has 1 unspecified atom stereocenters. The van der Waals surface area contributed by atoms with Crippen molar-refractivity contribution in [1.82, 2.24) is 9.47 Å². The van der Waals surface area contributed by atoms with Crippen LogP contribution in [0.2, 0.25) is 0 Å². The predicted molar refractivity (Wildman–Crippen MR) is 136 cm³/mol. The molecular weight excluding hydrogens is 534 g/mol. The third-order valence-corrected chi connectivity index (χ3v) is 6.77. The highest BCUT2D eigenvalue weighted by molar-refractivity contribution is 5.95. The van der Waals surface area contributed by atoms with E-state index >= 15 is 0 Å². The van der Waals surface area contributed by atoms with Crippen molar-refractivity contribution in [2.45, 2.75) is 38.0 Å². The number of aromatic nitrogens is 1. The van der Waals surface area contributed by atoms with Crippen molar-refractivity contribution in [3.63, 3.8) is 0 Å². The average molecular weight is 559 g/mol. The van der Waals surface area contributed by atoms with Gasteiger partial charge in [-0.25, -0.2) is 0 Å². The average Bonchev–Trinajstić information content (AvgIpc) is 3.30. The van der Waals surface area contributed by atoms with Crippen molar-refractivity contribution in [2.24, 2.45) is 0 Å². The number of nitrogens with zero attached hydrogens (tertiary/aromatic N) is 2. The quantitative estimate of drug-likeness (QED) is 0.235. The molecule has 2 heterocycles. The summed E-state index contributed by atoms with van der Waals surface area (Å²) >= 11 is 0. The standard InChI is InChI=1S/C30H24F6N2O2/c31-29(32,33)23-15-22(16-24(18-23)30(34,35)36)28(39)38-14-6-13-37-12-5-11-26(37)27(38)21-9-4-10-25(17-21)40-19-20-7-2-1-3-8-20/h1-5,7-12,15-18,27H,6,13-14,19H2. The zero-order valence-corrected chi connectivity index (χ0v) is 21.0. The van der Waals surface area contributed by atoms with Crippen molar-refractivity contribution >= 4 is 5.91 Å². The van der Waals surface area contributed by atoms with Crippen molar-refractivity contribution in [3.8, 4) is 5.75 Å². The van der Waals surface area contributed by atoms with Gasteiger partial charge in [0.1, 0.15) is 12.4 Å². The van der Waals surface area contributed by atoms with Crippen molar-refractivity contribution in [2.75, 3.05) is 6.54 Å². The van der Waals surface area contributed by atoms with Gasteiger partial charge in [-0.05, 0) is 60.0 Å². The molecule has 1 atom stereocenters. The molecule has 1 amide bonds. The maximum atomic E-state index is 13.8. The molecule has 0 spiro atoms. The Bertz CT molecular complexity index is 1460. The van der Waals surface area contributed by atoms with Gasteiger partial charge < -0.3 is 14.2 Å². The summed E-state index contributed by atoms with van der Waals surface area (Å²) in [7, 11) is 0. The van der Waals surface area contributed by atoms with E-state index in [4.69, 9.17) is 4.74 Å². The second-order valence-electron chi connectivity index (χ2n) is 9.52. The lowest BCUT2D eigenvalue weighted by molar-refractivity contribution is -0.143. The number of amides is 1. The minimum Gasteiger partial charge on any atom is -0.489 e. The molecule has 4 nitrogen and oxygen atoms in total. The fraction of sp³-hybridized carbons (Fsp3) is 0.233. The Kier molecular flexibility index (Phi) is 7.35. The van der Waals surface area contributed by atoms with Gasteiger partial charge in [-0.3, -0.25) is 4.79 Å². The van der Waals surface area contributed by atoms with E-state index in [-0.39, 0.29) is 12.6 Å². The van der Waals surface area contributed by atoms with Crippen molar-refractivity contribution in [1.29, 1.82) is 0 Å². The number of hydrogen-bond donors (Lipinski definition) is 0. The fourth-order valence-electron chi connectivity index (χ4n) is 4.91. The van der Waals surface area contributed by atoms with Crippen LogP contribution in [0.1, 0.15) is 50.8 Å².